The summed E-state index contributed by atoms with van der Waals surface area (Å²) < 4.78 is 40.5. The minimum atomic E-state index is -4.29. The van der Waals surface area contributed by atoms with E-state index in [0.29, 0.717) is 18.6 Å². The zero-order chi connectivity index (χ0) is 36.6. The molecule has 0 saturated heterocycles. The molecule has 1 unspecified atom stereocenters. The predicted octanol–water partition coefficient (Wildman–Crippen LogP) is 6.44. The number of aromatic amines is 1. The first-order valence-electron chi connectivity index (χ1n) is 16.7. The molecule has 2 aromatic heterocycles. The third-order valence-corrected chi connectivity index (χ3v) is 7.98. The molecule has 1 atom stereocenters. The average molecular weight is 683 g/mol. The molecule has 0 bridgehead atoms. The summed E-state index contributed by atoms with van der Waals surface area (Å²) in [5.41, 5.74) is 20.2. The summed E-state index contributed by atoms with van der Waals surface area (Å²) in [6.45, 7) is 16.2. The van der Waals surface area contributed by atoms with E-state index >= 15 is 0 Å². The fraction of sp³-hybridized carbons (Fsp3) is 0.486. The van der Waals surface area contributed by atoms with Gasteiger partial charge in [-0.15, -0.1) is 0 Å². The molecule has 4 rings (SSSR count). The van der Waals surface area contributed by atoms with E-state index in [1.807, 2.05) is 64.2 Å². The van der Waals surface area contributed by atoms with Gasteiger partial charge in [0.05, 0.1) is 11.3 Å². The summed E-state index contributed by atoms with van der Waals surface area (Å²) in [7, 11) is 0. The number of benzene rings is 2. The maximum atomic E-state index is 13.0. The van der Waals surface area contributed by atoms with Crippen molar-refractivity contribution in [3.8, 4) is 5.69 Å². The van der Waals surface area contributed by atoms with Gasteiger partial charge in [0.2, 0.25) is 0 Å². The van der Waals surface area contributed by atoms with Crippen molar-refractivity contribution in [3.05, 3.63) is 93.2 Å². The van der Waals surface area contributed by atoms with E-state index in [-0.39, 0.29) is 28.5 Å². The van der Waals surface area contributed by atoms with Crippen LogP contribution in [0.4, 0.5) is 13.2 Å². The van der Waals surface area contributed by atoms with E-state index in [2.05, 4.69) is 47.1 Å². The highest BCUT2D eigenvalue weighted by molar-refractivity contribution is 5.76. The topological polar surface area (TPSA) is 153 Å². The van der Waals surface area contributed by atoms with Crippen LogP contribution in [0.2, 0.25) is 0 Å². The number of nitrogens with zero attached hydrogens (tertiary/aromatic N) is 3. The van der Waals surface area contributed by atoms with Crippen LogP contribution in [0.15, 0.2) is 64.5 Å². The SMILES string of the molecule is CC(C)(C)c1cc2cn(-c3ccc(CNCCCN=C(N)N)cc3)c(=O)nc2[nH]1.CC(N)CCCc1cc(C(C)(C)C)cc(C(F)(F)F)c1. The molecule has 0 amide bonds. The predicted molar refractivity (Wildman–Crippen MR) is 194 cm³/mol. The van der Waals surface area contributed by atoms with Crippen molar-refractivity contribution < 1.29 is 13.2 Å². The molecule has 2 aromatic carbocycles. The summed E-state index contributed by atoms with van der Waals surface area (Å²) in [6.07, 6.45) is 0.674. The summed E-state index contributed by atoms with van der Waals surface area (Å²) in [5.74, 6) is 0.123. The van der Waals surface area contributed by atoms with Gasteiger partial charge in [0.25, 0.3) is 0 Å². The summed E-state index contributed by atoms with van der Waals surface area (Å²) >= 11 is 0. The van der Waals surface area contributed by atoms with Crippen LogP contribution in [-0.2, 0) is 30.0 Å². The van der Waals surface area contributed by atoms with E-state index in [4.69, 9.17) is 17.2 Å². The minimum Gasteiger partial charge on any atom is -0.370 e. The molecule has 0 fully saturated rings. The standard InChI is InChI=1S/C21H29N7O.C16H24F3N/c1-21(2,3)17-11-15-13-28(20(29)27-18(15)26-17)16-7-5-14(6-8-16)12-24-9-4-10-25-19(22)23;1-11(20)6-5-7-12-8-13(15(2,3)4)10-14(9-12)16(17,18)19/h5-8,11,13,24H,4,9-10,12H2,1-3H3,(H4,22,23,25)(H,26,27,29);8-11H,5-7,20H2,1-4H3. The maximum absolute atomic E-state index is 13.0. The third-order valence-electron chi connectivity index (χ3n) is 7.98. The molecule has 49 heavy (non-hydrogen) atoms. The molecule has 12 heteroatoms. The van der Waals surface area contributed by atoms with Gasteiger partial charge in [-0.1, -0.05) is 59.7 Å². The van der Waals surface area contributed by atoms with Crippen LogP contribution in [0.25, 0.3) is 16.7 Å². The van der Waals surface area contributed by atoms with Gasteiger partial charge in [-0.05, 0) is 91.6 Å². The molecule has 9 nitrogen and oxygen atoms in total. The summed E-state index contributed by atoms with van der Waals surface area (Å²) in [5, 5.41) is 4.27. The van der Waals surface area contributed by atoms with Gasteiger partial charge >= 0.3 is 11.9 Å². The first kappa shape index (κ1) is 39.3. The smallest absolute Gasteiger partial charge is 0.370 e. The van der Waals surface area contributed by atoms with Crippen LogP contribution < -0.4 is 28.2 Å². The Hall–Kier alpha value is -4.16. The van der Waals surface area contributed by atoms with Crippen LogP contribution in [0.3, 0.4) is 0 Å². The zero-order valence-electron chi connectivity index (χ0n) is 29.8. The Morgan fingerprint density at radius 3 is 2.16 bits per heavy atom. The minimum absolute atomic E-state index is 0.0352. The first-order chi connectivity index (χ1) is 22.7. The van der Waals surface area contributed by atoms with Crippen molar-refractivity contribution in [3.63, 3.8) is 0 Å². The number of aryl methyl sites for hydroxylation is 1. The number of alkyl halides is 3. The van der Waals surface area contributed by atoms with E-state index in [0.717, 1.165) is 65.8 Å². The maximum Gasteiger partial charge on any atom is 0.416 e. The van der Waals surface area contributed by atoms with Crippen LogP contribution >= 0.6 is 0 Å². The van der Waals surface area contributed by atoms with Gasteiger partial charge in [-0.25, -0.2) is 4.79 Å². The number of nitrogens with two attached hydrogens (primary N) is 3. The number of aromatic nitrogens is 3. The number of fused-ring (bicyclic) bond motifs is 1. The lowest BCUT2D eigenvalue weighted by atomic mass is 9.84. The fourth-order valence-electron chi connectivity index (χ4n) is 5.06. The molecule has 8 N–H and O–H groups in total. The summed E-state index contributed by atoms with van der Waals surface area (Å²) in [6, 6.07) is 14.4. The largest absolute Gasteiger partial charge is 0.416 e. The highest BCUT2D eigenvalue weighted by Gasteiger charge is 2.32. The average Bonchev–Trinajstić information content (AvgIpc) is 3.41. The van der Waals surface area contributed by atoms with E-state index in [1.54, 1.807) is 4.57 Å². The highest BCUT2D eigenvalue weighted by Crippen LogP contribution is 2.34. The Bertz CT molecular complexity index is 1710. The lowest BCUT2D eigenvalue weighted by Gasteiger charge is -2.22. The number of rotatable bonds is 11. The molecule has 0 radical (unpaired) electrons. The molecule has 268 valence electrons. The van der Waals surface area contributed by atoms with Crippen molar-refractivity contribution in [1.82, 2.24) is 19.9 Å². The molecular formula is C37H53F3N8O. The second-order valence-corrected chi connectivity index (χ2v) is 14.7. The lowest BCUT2D eigenvalue weighted by molar-refractivity contribution is -0.137. The number of H-pyrrole nitrogens is 1. The normalized spacial score (nSPS) is 12.8. The fourth-order valence-corrected chi connectivity index (χ4v) is 5.06. The summed E-state index contributed by atoms with van der Waals surface area (Å²) in [4.78, 5) is 23.9. The number of hydrogen-bond acceptors (Lipinski definition) is 5. The number of halogens is 3. The van der Waals surface area contributed by atoms with Gasteiger partial charge in [-0.3, -0.25) is 9.56 Å². The number of nitrogens with one attached hydrogen (secondary N) is 2. The quantitative estimate of drug-likeness (QED) is 0.0698. The van der Waals surface area contributed by atoms with Gasteiger partial charge in [0.15, 0.2) is 5.96 Å². The Morgan fingerprint density at radius 1 is 0.939 bits per heavy atom. The second-order valence-electron chi connectivity index (χ2n) is 14.7. The van der Waals surface area contributed by atoms with E-state index in [9.17, 15) is 18.0 Å². The Labute approximate surface area is 287 Å². The van der Waals surface area contributed by atoms with Crippen molar-refractivity contribution >= 4 is 17.0 Å². The number of guanidine groups is 1. The van der Waals surface area contributed by atoms with Crippen molar-refractivity contribution in [2.45, 2.75) is 104 Å². The van der Waals surface area contributed by atoms with Gasteiger partial charge < -0.3 is 27.5 Å². The van der Waals surface area contributed by atoms with Crippen molar-refractivity contribution in [2.75, 3.05) is 13.1 Å². The van der Waals surface area contributed by atoms with E-state index in [1.165, 1.54) is 12.1 Å². The molecule has 0 aliphatic heterocycles. The lowest BCUT2D eigenvalue weighted by Crippen LogP contribution is -2.23. The number of aliphatic imine (C=N–C) groups is 1. The third kappa shape index (κ3) is 12.3. The van der Waals surface area contributed by atoms with Gasteiger partial charge in [-0.2, -0.15) is 18.2 Å². The van der Waals surface area contributed by atoms with Crippen LogP contribution in [-0.4, -0.2) is 39.6 Å². The van der Waals surface area contributed by atoms with Crippen molar-refractivity contribution in [1.29, 1.82) is 0 Å². The Kier molecular flexibility index (Phi) is 13.2. The van der Waals surface area contributed by atoms with Crippen LogP contribution in [0.5, 0.6) is 0 Å². The van der Waals surface area contributed by atoms with Gasteiger partial charge in [0.1, 0.15) is 5.65 Å². The van der Waals surface area contributed by atoms with E-state index < -0.39 is 11.7 Å². The molecule has 0 saturated carbocycles. The second kappa shape index (κ2) is 16.5. The Balaban J connectivity index is 0.000000286. The van der Waals surface area contributed by atoms with Crippen molar-refractivity contribution in [2.24, 2.45) is 22.2 Å². The number of hydrogen-bond donors (Lipinski definition) is 5. The molecule has 0 aliphatic carbocycles. The first-order valence-corrected chi connectivity index (χ1v) is 16.7. The monoisotopic (exact) mass is 682 g/mol. The zero-order valence-corrected chi connectivity index (χ0v) is 29.8. The highest BCUT2D eigenvalue weighted by atomic mass is 19.4. The van der Waals surface area contributed by atoms with Gasteiger partial charge in [0, 0.05) is 41.8 Å². The Morgan fingerprint density at radius 2 is 1.59 bits per heavy atom. The van der Waals surface area contributed by atoms with Crippen LogP contribution in [0.1, 0.15) is 95.7 Å². The molecule has 0 aliphatic rings. The van der Waals surface area contributed by atoms with Crippen LogP contribution in [0, 0.1) is 0 Å². The molecule has 2 heterocycles. The molecule has 0 spiro atoms. The molecular weight excluding hydrogens is 629 g/mol. The molecule has 4 aromatic rings.